The summed E-state index contributed by atoms with van der Waals surface area (Å²) in [5.41, 5.74) is 1.99. The molecule has 3 rings (SSSR count). The Morgan fingerprint density at radius 1 is 1.33 bits per heavy atom. The minimum Gasteiger partial charge on any atom is -0.336 e. The summed E-state index contributed by atoms with van der Waals surface area (Å²) in [5, 5.41) is 0. The van der Waals surface area contributed by atoms with E-state index in [1.807, 2.05) is 40.7 Å². The van der Waals surface area contributed by atoms with E-state index in [1.165, 1.54) is 0 Å². The second kappa shape index (κ2) is 5.48. The predicted molar refractivity (Wildman–Crippen MR) is 83.1 cm³/mol. The van der Waals surface area contributed by atoms with E-state index in [0.29, 0.717) is 6.54 Å². The molecule has 5 nitrogen and oxygen atoms in total. The summed E-state index contributed by atoms with van der Waals surface area (Å²) in [4.78, 5) is 21.4. The molecule has 0 bridgehead atoms. The number of aryl methyl sites for hydroxylation is 1. The van der Waals surface area contributed by atoms with Gasteiger partial charge in [-0.25, -0.2) is 4.98 Å². The van der Waals surface area contributed by atoms with E-state index in [-0.39, 0.29) is 11.9 Å². The highest BCUT2D eigenvalue weighted by Gasteiger charge is 2.26. The quantitative estimate of drug-likeness (QED) is 0.840. The van der Waals surface area contributed by atoms with Crippen molar-refractivity contribution in [3.05, 3.63) is 30.1 Å². The van der Waals surface area contributed by atoms with E-state index in [9.17, 15) is 4.79 Å². The molecule has 2 heterocycles. The number of hydrogen-bond acceptors (Lipinski definition) is 3. The first kappa shape index (κ1) is 14.1. The molecule has 1 amide bonds. The summed E-state index contributed by atoms with van der Waals surface area (Å²) in [6.45, 7) is 7.14. The maximum atomic E-state index is 12.6. The van der Waals surface area contributed by atoms with Crippen LogP contribution in [0, 0.1) is 6.92 Å². The molecule has 1 saturated heterocycles. The lowest BCUT2D eigenvalue weighted by molar-refractivity contribution is -0.136. The third kappa shape index (κ3) is 2.65. The lowest BCUT2D eigenvalue weighted by Gasteiger charge is -2.38. The van der Waals surface area contributed by atoms with Crippen molar-refractivity contribution in [3.8, 4) is 0 Å². The van der Waals surface area contributed by atoms with Gasteiger partial charge in [0.2, 0.25) is 5.91 Å². The van der Waals surface area contributed by atoms with E-state index in [4.69, 9.17) is 0 Å². The van der Waals surface area contributed by atoms with Gasteiger partial charge in [-0.2, -0.15) is 0 Å². The van der Waals surface area contributed by atoms with Gasteiger partial charge in [-0.05, 0) is 33.0 Å². The van der Waals surface area contributed by atoms with Gasteiger partial charge in [-0.3, -0.25) is 4.79 Å². The van der Waals surface area contributed by atoms with Crippen LogP contribution in [0.3, 0.4) is 0 Å². The van der Waals surface area contributed by atoms with Gasteiger partial charge >= 0.3 is 0 Å². The Balaban J connectivity index is 1.82. The zero-order valence-corrected chi connectivity index (χ0v) is 12.9. The van der Waals surface area contributed by atoms with Gasteiger partial charge in [0.25, 0.3) is 0 Å². The van der Waals surface area contributed by atoms with Gasteiger partial charge < -0.3 is 14.4 Å². The largest absolute Gasteiger partial charge is 0.336 e. The second-order valence-corrected chi connectivity index (χ2v) is 5.93. The number of para-hydroxylation sites is 2. The van der Waals surface area contributed by atoms with Crippen molar-refractivity contribution in [3.63, 3.8) is 0 Å². The van der Waals surface area contributed by atoms with E-state index < -0.39 is 0 Å². The first-order chi connectivity index (χ1) is 10.1. The van der Waals surface area contributed by atoms with E-state index in [1.54, 1.807) is 0 Å². The number of hydrogen-bond donors (Lipinski definition) is 0. The zero-order valence-electron chi connectivity index (χ0n) is 12.9. The molecule has 1 aliphatic rings. The van der Waals surface area contributed by atoms with Crippen molar-refractivity contribution < 1.29 is 4.79 Å². The number of amides is 1. The monoisotopic (exact) mass is 286 g/mol. The molecule has 5 heteroatoms. The van der Waals surface area contributed by atoms with Crippen LogP contribution in [0.4, 0.5) is 0 Å². The number of carbonyl (C=O) groups is 1. The standard InChI is InChI=1S/C16H22N4O/c1-12-10-18(3)8-9-19(12)16(21)11-20-13(2)17-14-6-4-5-7-15(14)20/h4-7,12H,8-11H2,1-3H3. The summed E-state index contributed by atoms with van der Waals surface area (Å²) in [6.07, 6.45) is 0. The van der Waals surface area contributed by atoms with E-state index >= 15 is 0 Å². The van der Waals surface area contributed by atoms with Crippen LogP contribution in [0.1, 0.15) is 12.7 Å². The lowest BCUT2D eigenvalue weighted by Crippen LogP contribution is -2.53. The molecule has 0 N–H and O–H groups in total. The molecule has 1 fully saturated rings. The van der Waals surface area contributed by atoms with Gasteiger partial charge in [0.15, 0.2) is 0 Å². The number of likely N-dealkylation sites (N-methyl/N-ethyl adjacent to an activating group) is 1. The molecule has 1 aromatic carbocycles. The molecule has 1 unspecified atom stereocenters. The Bertz CT molecular complexity index is 663. The summed E-state index contributed by atoms with van der Waals surface area (Å²) >= 11 is 0. The van der Waals surface area contributed by atoms with E-state index in [2.05, 4.69) is 23.9 Å². The molecule has 1 atom stereocenters. The Morgan fingerprint density at radius 2 is 2.10 bits per heavy atom. The van der Waals surface area contributed by atoms with Crippen molar-refractivity contribution in [2.45, 2.75) is 26.4 Å². The summed E-state index contributed by atoms with van der Waals surface area (Å²) in [6, 6.07) is 8.25. The number of piperazine rings is 1. The SMILES string of the molecule is Cc1nc2ccccc2n1CC(=O)N1CCN(C)CC1C. The molecule has 112 valence electrons. The Morgan fingerprint density at radius 3 is 2.86 bits per heavy atom. The maximum Gasteiger partial charge on any atom is 0.242 e. The fraction of sp³-hybridized carbons (Fsp3) is 0.500. The topological polar surface area (TPSA) is 41.4 Å². The maximum absolute atomic E-state index is 12.6. The summed E-state index contributed by atoms with van der Waals surface area (Å²) in [7, 11) is 2.10. The fourth-order valence-corrected chi connectivity index (χ4v) is 3.13. The predicted octanol–water partition coefficient (Wildman–Crippen LogP) is 1.51. The number of rotatable bonds is 2. The van der Waals surface area contributed by atoms with Crippen LogP contribution in [0.5, 0.6) is 0 Å². The highest BCUT2D eigenvalue weighted by Crippen LogP contribution is 2.17. The van der Waals surface area contributed by atoms with Crippen LogP contribution in [0.25, 0.3) is 11.0 Å². The number of benzene rings is 1. The third-order valence-corrected chi connectivity index (χ3v) is 4.29. The van der Waals surface area contributed by atoms with Crippen LogP contribution in [-0.2, 0) is 11.3 Å². The van der Waals surface area contributed by atoms with Gasteiger partial charge in [-0.15, -0.1) is 0 Å². The summed E-state index contributed by atoms with van der Waals surface area (Å²) in [5.74, 6) is 1.08. The molecule has 0 spiro atoms. The first-order valence-corrected chi connectivity index (χ1v) is 7.46. The van der Waals surface area contributed by atoms with Gasteiger partial charge in [0, 0.05) is 25.7 Å². The smallest absolute Gasteiger partial charge is 0.242 e. The Kier molecular flexibility index (Phi) is 3.68. The molecule has 1 aliphatic heterocycles. The average molecular weight is 286 g/mol. The Labute approximate surface area is 125 Å². The second-order valence-electron chi connectivity index (χ2n) is 5.93. The number of carbonyl (C=O) groups excluding carboxylic acids is 1. The first-order valence-electron chi connectivity index (χ1n) is 7.46. The van der Waals surface area contributed by atoms with Crippen molar-refractivity contribution in [1.82, 2.24) is 19.4 Å². The van der Waals surface area contributed by atoms with Crippen LogP contribution in [-0.4, -0.2) is 58.0 Å². The van der Waals surface area contributed by atoms with Crippen LogP contribution in [0.2, 0.25) is 0 Å². The molecule has 2 aromatic rings. The highest BCUT2D eigenvalue weighted by atomic mass is 16.2. The normalized spacial score (nSPS) is 20.1. The number of nitrogens with zero attached hydrogens (tertiary/aromatic N) is 4. The number of imidazole rings is 1. The van der Waals surface area contributed by atoms with E-state index in [0.717, 1.165) is 36.5 Å². The molecular weight excluding hydrogens is 264 g/mol. The third-order valence-electron chi connectivity index (χ3n) is 4.29. The molecule has 0 radical (unpaired) electrons. The Hall–Kier alpha value is -1.88. The van der Waals surface area contributed by atoms with Crippen LogP contribution >= 0.6 is 0 Å². The zero-order chi connectivity index (χ0) is 15.0. The van der Waals surface area contributed by atoms with Crippen molar-refractivity contribution >= 4 is 16.9 Å². The van der Waals surface area contributed by atoms with Crippen molar-refractivity contribution in [2.24, 2.45) is 0 Å². The van der Waals surface area contributed by atoms with Gasteiger partial charge in [-0.1, -0.05) is 12.1 Å². The fourth-order valence-electron chi connectivity index (χ4n) is 3.13. The van der Waals surface area contributed by atoms with Crippen molar-refractivity contribution in [2.75, 3.05) is 26.7 Å². The average Bonchev–Trinajstić information content (AvgIpc) is 2.75. The van der Waals surface area contributed by atoms with Crippen molar-refractivity contribution in [1.29, 1.82) is 0 Å². The molecule has 1 aromatic heterocycles. The minimum atomic E-state index is 0.182. The van der Waals surface area contributed by atoms with Gasteiger partial charge in [0.05, 0.1) is 11.0 Å². The van der Waals surface area contributed by atoms with Crippen LogP contribution < -0.4 is 0 Å². The number of aromatic nitrogens is 2. The number of fused-ring (bicyclic) bond motifs is 1. The lowest BCUT2D eigenvalue weighted by atomic mass is 10.2. The molecular formula is C16H22N4O. The summed E-state index contributed by atoms with van der Waals surface area (Å²) < 4.78 is 2.02. The van der Waals surface area contributed by atoms with Crippen LogP contribution in [0.15, 0.2) is 24.3 Å². The molecule has 0 aliphatic carbocycles. The molecule has 0 saturated carbocycles. The minimum absolute atomic E-state index is 0.182. The highest BCUT2D eigenvalue weighted by molar-refractivity contribution is 5.81. The van der Waals surface area contributed by atoms with Gasteiger partial charge in [0.1, 0.15) is 12.4 Å². The molecule has 21 heavy (non-hydrogen) atoms.